The van der Waals surface area contributed by atoms with Gasteiger partial charge in [0.05, 0.1) is 74.0 Å². The number of benzene rings is 9. The Morgan fingerprint density at radius 3 is 0.687 bits per heavy atom. The van der Waals surface area contributed by atoms with E-state index in [9.17, 15) is 35.1 Å². The van der Waals surface area contributed by atoms with Gasteiger partial charge in [-0.3, -0.25) is 15.0 Å². The number of nitrogens with zero attached hydrogens (tertiary/aromatic N) is 14. The second kappa shape index (κ2) is 57.4. The van der Waals surface area contributed by atoms with Crippen LogP contribution in [0.4, 0.5) is 0 Å². The minimum absolute atomic E-state index is 0. The Morgan fingerprint density at radius 1 is 0.227 bits per heavy atom. The molecule has 0 aliphatic heterocycles. The van der Waals surface area contributed by atoms with Crippen molar-refractivity contribution in [2.24, 2.45) is 0 Å². The van der Waals surface area contributed by atoms with Gasteiger partial charge in [0.2, 0.25) is 0 Å². The molecule has 27 heteroatoms. The van der Waals surface area contributed by atoms with Crippen molar-refractivity contribution in [3.05, 3.63) is 509 Å². The van der Waals surface area contributed by atoms with E-state index in [2.05, 4.69) is 115 Å². The summed E-state index contributed by atoms with van der Waals surface area (Å²) in [5, 5.41) is 75.5. The molecule has 9 aromatic carbocycles. The predicted octanol–water partition coefficient (Wildman–Crippen LogP) is 26.3. The van der Waals surface area contributed by atoms with Crippen molar-refractivity contribution in [3.8, 4) is 187 Å². The van der Waals surface area contributed by atoms with Crippen LogP contribution in [0.3, 0.4) is 0 Å². The maximum absolute atomic E-state index is 10.7. The van der Waals surface area contributed by atoms with E-state index in [-0.39, 0.29) is 126 Å². The largest absolute Gasteiger partial charge is 0.573 e. The molecule has 7 N–H and O–H groups in total. The zero-order valence-corrected chi connectivity index (χ0v) is 90.1. The molecule has 22 rings (SSSR count). The molecule has 0 aliphatic rings. The van der Waals surface area contributed by atoms with Gasteiger partial charge in [-0.2, -0.15) is 0 Å². The average Bonchev–Trinajstić information content (AvgIpc) is 0.939. The Balaban J connectivity index is 0.000000164. The summed E-state index contributed by atoms with van der Waals surface area (Å²) in [6, 6.07) is 149. The summed E-state index contributed by atoms with van der Waals surface area (Å²) in [6.45, 7) is 6.37. The van der Waals surface area contributed by atoms with E-state index in [1.54, 1.807) is 116 Å². The number of phenols is 5. The Bertz CT molecular complexity index is 7440. The van der Waals surface area contributed by atoms with Crippen LogP contribution in [0.2, 0.25) is 0 Å². The molecule has 750 valence electrons. The molecule has 13 aromatic heterocycles. The molecule has 0 amide bonds. The quantitative estimate of drug-likeness (QED) is 0.0442. The predicted molar refractivity (Wildman–Crippen MR) is 569 cm³/mol. The van der Waals surface area contributed by atoms with Crippen molar-refractivity contribution >= 4 is 11.9 Å². The molecule has 0 saturated heterocycles. The summed E-state index contributed by atoms with van der Waals surface area (Å²) in [7, 11) is 0. The summed E-state index contributed by atoms with van der Waals surface area (Å²) in [4.78, 5) is 73.5. The fourth-order valence-corrected chi connectivity index (χ4v) is 14.3. The molecule has 0 aliphatic carbocycles. The van der Waals surface area contributed by atoms with Crippen molar-refractivity contribution in [1.82, 2.24) is 70.0 Å². The van der Waals surface area contributed by atoms with Crippen LogP contribution in [-0.4, -0.2) is 113 Å². The third-order valence-corrected chi connectivity index (χ3v) is 21.6. The molecule has 0 spiro atoms. The third-order valence-electron chi connectivity index (χ3n) is 21.6. The van der Waals surface area contributed by atoms with E-state index in [4.69, 9.17) is 10.2 Å². The van der Waals surface area contributed by atoms with E-state index in [1.807, 2.05) is 334 Å². The monoisotopic (exact) mass is 2680 g/mol. The molecular formula is C123H93Ir4N14O9-5. The van der Waals surface area contributed by atoms with Gasteiger partial charge in [-0.25, -0.2) is 44.5 Å². The number of rotatable bonds is 16. The third kappa shape index (κ3) is 32.3. The minimum Gasteiger partial charge on any atom is -0.573 e. The van der Waals surface area contributed by atoms with Crippen LogP contribution in [0.25, 0.3) is 158 Å². The van der Waals surface area contributed by atoms with Gasteiger partial charge in [0.15, 0.2) is 0 Å². The second-order valence-electron chi connectivity index (χ2n) is 32.8. The molecule has 0 fully saturated rings. The smallest absolute Gasteiger partial charge is 0.354 e. The average molecular weight is 2680 g/mol. The summed E-state index contributed by atoms with van der Waals surface area (Å²) < 4.78 is 0. The molecule has 13 heterocycles. The fraction of sp³-hybridized carbons (Fsp3) is 0.0325. The van der Waals surface area contributed by atoms with Gasteiger partial charge in [0.1, 0.15) is 40.1 Å². The molecule has 150 heavy (non-hydrogen) atoms. The van der Waals surface area contributed by atoms with Crippen molar-refractivity contribution < 1.29 is 126 Å². The van der Waals surface area contributed by atoms with Gasteiger partial charge in [0, 0.05) is 150 Å². The van der Waals surface area contributed by atoms with Crippen molar-refractivity contribution in [3.63, 3.8) is 0 Å². The topological polar surface area (TPSA) is 357 Å². The summed E-state index contributed by atoms with van der Waals surface area (Å²) in [5.41, 5.74) is 23.1. The number of phenolic OH excluding ortho intramolecular Hbond substituents is 5. The molecule has 4 radical (unpaired) electrons. The summed E-state index contributed by atoms with van der Waals surface area (Å²) in [5.74, 6) is -1.04. The SMILES string of the molecule is CC(C)(C)c1cc(-c2ccccn2)[n-]n1.O=C(O)c1cccc(-c2ccccn2)n1.O=C(O)c1ccccn1.Oc1ccccc1-c1cccc(-c2cccc(-c3ccccc3O)n2)n1.Oc1ccccc1-c1cccc(-c2cccc(-c3ccccc3O)n2)n1.Oc1ccccc1-c1cccc(-c2ccccn2)n1.[Ir].[Ir].[Ir].[Ir].[c-]1ccccc1-c1cccc(-c2[c-]cccc2)n1.[c-]1ccccc1-c1cccc(-c2[c-]cccc2)n1. The first kappa shape index (κ1) is 113. The molecule has 0 saturated carbocycles. The number of carboxylic acids is 2. The number of pyridine rings is 12. The zero-order chi connectivity index (χ0) is 102. The van der Waals surface area contributed by atoms with Crippen LogP contribution in [0, 0.1) is 24.3 Å². The van der Waals surface area contributed by atoms with Gasteiger partial charge < -0.3 is 55.9 Å². The van der Waals surface area contributed by atoms with Gasteiger partial charge in [0.25, 0.3) is 0 Å². The molecule has 0 bridgehead atoms. The number of aromatic nitrogens is 14. The van der Waals surface area contributed by atoms with E-state index < -0.39 is 11.9 Å². The molecule has 22 aromatic rings. The van der Waals surface area contributed by atoms with Crippen molar-refractivity contribution in [2.45, 2.75) is 26.2 Å². The van der Waals surface area contributed by atoms with Crippen LogP contribution >= 0.6 is 0 Å². The van der Waals surface area contributed by atoms with Crippen LogP contribution in [0.1, 0.15) is 47.4 Å². The van der Waals surface area contributed by atoms with Crippen LogP contribution in [-0.2, 0) is 85.8 Å². The number of carboxylic acid groups (broad SMARTS) is 2. The van der Waals surface area contributed by atoms with Gasteiger partial charge in [-0.1, -0.05) is 190 Å². The molecule has 0 unspecified atom stereocenters. The standard InChI is InChI=1S/2C22H16N2O2.2C17H11N.C16H12N2O.C12H14N3.C11H8N2O2.C6H5NO2.4Ir/c2*25-21-13-3-1-7-15(21)17-9-5-11-19(23-17)20-12-6-10-18(24-20)16-8-2-4-14-22(16)26;2*1-3-8-14(9-4-1)16-12-7-13-17(18-16)15-10-5-2-6-11-15;19-16-10-2-1-6-12(16)13-8-5-9-15(18-13)14-7-3-4-11-17-14;1-12(2,3)11-8-10(14-15-11)9-6-4-5-7-13-9;14-11(15)10-6-3-5-9(13-10)8-4-1-2-7-12-8;8-6(9)5-3-1-2-4-7-5;;;;/h2*1-14,25-26H;2*1-8,10,12-13H;1-11,19H;4-8H,1-3H3;1-7H,(H,14,15);1-4H,(H,8,9);;;;/q;;2*-2;;-1;;;;;;. The van der Waals surface area contributed by atoms with Crippen LogP contribution < -0.4 is 5.10 Å². The van der Waals surface area contributed by atoms with Gasteiger partial charge >= 0.3 is 11.9 Å². The maximum Gasteiger partial charge on any atom is 0.354 e. The number of carbonyl (C=O) groups is 2. The Hall–Kier alpha value is -17.5. The van der Waals surface area contributed by atoms with Crippen molar-refractivity contribution in [1.29, 1.82) is 0 Å². The number of para-hydroxylation sites is 5. The van der Waals surface area contributed by atoms with E-state index in [0.717, 1.165) is 84.8 Å². The normalized spacial score (nSPS) is 10.1. The van der Waals surface area contributed by atoms with E-state index >= 15 is 0 Å². The Kier molecular flexibility index (Phi) is 43.2. The summed E-state index contributed by atoms with van der Waals surface area (Å²) in [6.07, 6.45) is 6.60. The fourth-order valence-electron chi connectivity index (χ4n) is 14.3. The Morgan fingerprint density at radius 2 is 0.447 bits per heavy atom. The number of aromatic hydroxyl groups is 5. The van der Waals surface area contributed by atoms with E-state index in [1.165, 1.54) is 18.3 Å². The zero-order valence-electron chi connectivity index (χ0n) is 80.5. The molecule has 23 nitrogen and oxygen atoms in total. The first-order valence-electron chi connectivity index (χ1n) is 46.0. The first-order chi connectivity index (χ1) is 71.3. The Labute approximate surface area is 922 Å². The molecular weight excluding hydrogens is 2590 g/mol. The van der Waals surface area contributed by atoms with Gasteiger partial charge in [-0.05, 0) is 205 Å². The van der Waals surface area contributed by atoms with E-state index in [0.29, 0.717) is 79.2 Å². The van der Waals surface area contributed by atoms with Crippen molar-refractivity contribution in [2.75, 3.05) is 0 Å². The van der Waals surface area contributed by atoms with Crippen LogP contribution in [0.15, 0.2) is 468 Å². The number of hydrogen-bond donors (Lipinski definition) is 7. The minimum atomic E-state index is -1.03. The first-order valence-corrected chi connectivity index (χ1v) is 46.0. The summed E-state index contributed by atoms with van der Waals surface area (Å²) >= 11 is 0. The molecule has 0 atom stereocenters. The maximum atomic E-state index is 10.7. The van der Waals surface area contributed by atoms with Gasteiger partial charge in [-0.15, -0.1) is 144 Å². The second-order valence-corrected chi connectivity index (χ2v) is 32.8. The van der Waals surface area contributed by atoms with Crippen LogP contribution in [0.5, 0.6) is 28.7 Å². The number of aromatic carboxylic acids is 2. The number of hydrogen-bond acceptors (Lipinski definition) is 20.